The zero-order chi connectivity index (χ0) is 13.8. The molecule has 0 amide bonds. The topological polar surface area (TPSA) is 29.9 Å². The Morgan fingerprint density at radius 1 is 1.42 bits per heavy atom. The third-order valence-electron chi connectivity index (χ3n) is 3.94. The third-order valence-corrected chi connectivity index (χ3v) is 4.86. The van der Waals surface area contributed by atoms with Crippen LogP contribution in [0.4, 0.5) is 0 Å². The lowest BCUT2D eigenvalue weighted by molar-refractivity contribution is 0.444. The van der Waals surface area contributed by atoms with Crippen LogP contribution in [0.2, 0.25) is 0 Å². The molecule has 2 rings (SSSR count). The molecule has 1 aromatic heterocycles. The summed E-state index contributed by atoms with van der Waals surface area (Å²) < 4.78 is 3.27. The van der Waals surface area contributed by atoms with Crippen LogP contribution in [0, 0.1) is 5.92 Å². The van der Waals surface area contributed by atoms with Crippen molar-refractivity contribution in [2.45, 2.75) is 58.4 Å². The monoisotopic (exact) mass is 327 g/mol. The highest BCUT2D eigenvalue weighted by atomic mass is 79.9. The summed E-state index contributed by atoms with van der Waals surface area (Å²) in [6.45, 7) is 5.51. The molecule has 1 unspecified atom stereocenters. The Morgan fingerprint density at radius 3 is 2.68 bits per heavy atom. The molecule has 1 fully saturated rings. The minimum Gasteiger partial charge on any atom is -0.314 e. The summed E-state index contributed by atoms with van der Waals surface area (Å²) in [5.41, 5.74) is 2.52. The van der Waals surface area contributed by atoms with E-state index in [1.165, 1.54) is 41.5 Å². The maximum absolute atomic E-state index is 4.60. The number of aryl methyl sites for hydroxylation is 2. The SMILES string of the molecule is CCCNC(Cc1c(Br)c(CC)nn1C)CC1CC1. The summed E-state index contributed by atoms with van der Waals surface area (Å²) in [4.78, 5) is 0. The molecule has 1 aromatic rings. The van der Waals surface area contributed by atoms with Crippen LogP contribution in [0.1, 0.15) is 50.9 Å². The van der Waals surface area contributed by atoms with Gasteiger partial charge in [-0.2, -0.15) is 5.10 Å². The predicted octanol–water partition coefficient (Wildman–Crippen LogP) is 3.46. The van der Waals surface area contributed by atoms with Crippen LogP contribution >= 0.6 is 15.9 Å². The van der Waals surface area contributed by atoms with Crippen LogP contribution in [0.5, 0.6) is 0 Å². The average molecular weight is 328 g/mol. The second-order valence-electron chi connectivity index (χ2n) is 5.72. The molecule has 0 radical (unpaired) electrons. The molecule has 3 nitrogen and oxygen atoms in total. The number of nitrogens with one attached hydrogen (secondary N) is 1. The van der Waals surface area contributed by atoms with E-state index in [9.17, 15) is 0 Å². The summed E-state index contributed by atoms with van der Waals surface area (Å²) in [6.07, 6.45) is 7.45. The summed E-state index contributed by atoms with van der Waals surface area (Å²) in [5.74, 6) is 0.965. The molecule has 108 valence electrons. The normalized spacial score (nSPS) is 16.8. The number of rotatable bonds is 8. The van der Waals surface area contributed by atoms with Gasteiger partial charge < -0.3 is 5.32 Å². The molecular weight excluding hydrogens is 302 g/mol. The first kappa shape index (κ1) is 15.0. The molecule has 1 heterocycles. The number of hydrogen-bond acceptors (Lipinski definition) is 2. The molecule has 19 heavy (non-hydrogen) atoms. The standard InChI is InChI=1S/C15H26BrN3/c1-4-8-17-12(9-11-6-7-11)10-14-15(16)13(5-2)18-19(14)3/h11-12,17H,4-10H2,1-3H3. The van der Waals surface area contributed by atoms with Crippen LogP contribution in [0.15, 0.2) is 4.47 Å². The predicted molar refractivity (Wildman–Crippen MR) is 83.4 cm³/mol. The molecule has 0 aromatic carbocycles. The van der Waals surface area contributed by atoms with Crippen LogP contribution < -0.4 is 5.32 Å². The Kier molecular flexibility index (Phi) is 5.46. The van der Waals surface area contributed by atoms with Gasteiger partial charge in [-0.15, -0.1) is 0 Å². The minimum atomic E-state index is 0.601. The summed E-state index contributed by atoms with van der Waals surface area (Å²) in [7, 11) is 2.06. The first-order chi connectivity index (χ1) is 9.15. The molecule has 0 saturated heterocycles. The van der Waals surface area contributed by atoms with Crippen molar-refractivity contribution in [1.82, 2.24) is 15.1 Å². The Hall–Kier alpha value is -0.350. The maximum atomic E-state index is 4.60. The maximum Gasteiger partial charge on any atom is 0.0766 e. The first-order valence-corrected chi connectivity index (χ1v) is 8.38. The van der Waals surface area contributed by atoms with E-state index in [4.69, 9.17) is 0 Å². The van der Waals surface area contributed by atoms with E-state index in [-0.39, 0.29) is 0 Å². The van der Waals surface area contributed by atoms with E-state index in [2.05, 4.69) is 51.9 Å². The molecule has 1 aliphatic rings. The van der Waals surface area contributed by atoms with E-state index in [0.717, 1.165) is 25.3 Å². The molecule has 0 bridgehead atoms. The highest BCUT2D eigenvalue weighted by molar-refractivity contribution is 9.10. The average Bonchev–Trinajstić information content (AvgIpc) is 3.17. The highest BCUT2D eigenvalue weighted by Gasteiger charge is 2.26. The lowest BCUT2D eigenvalue weighted by atomic mass is 10.0. The highest BCUT2D eigenvalue weighted by Crippen LogP contribution is 2.34. The molecular formula is C15H26BrN3. The van der Waals surface area contributed by atoms with Crippen molar-refractivity contribution in [2.75, 3.05) is 6.54 Å². The molecule has 4 heteroatoms. The van der Waals surface area contributed by atoms with Crippen molar-refractivity contribution in [2.24, 2.45) is 13.0 Å². The van der Waals surface area contributed by atoms with E-state index in [1.54, 1.807) is 0 Å². The molecule has 1 saturated carbocycles. The fourth-order valence-corrected chi connectivity index (χ4v) is 3.40. The summed E-state index contributed by atoms with van der Waals surface area (Å²) in [5, 5.41) is 8.31. The van der Waals surface area contributed by atoms with Gasteiger partial charge in [0.25, 0.3) is 0 Å². The molecule has 1 atom stereocenters. The Bertz CT molecular complexity index is 410. The van der Waals surface area contributed by atoms with Gasteiger partial charge in [-0.3, -0.25) is 4.68 Å². The van der Waals surface area contributed by atoms with Gasteiger partial charge in [0, 0.05) is 19.5 Å². The number of aromatic nitrogens is 2. The van der Waals surface area contributed by atoms with Crippen molar-refractivity contribution in [3.05, 3.63) is 15.9 Å². The van der Waals surface area contributed by atoms with Gasteiger partial charge in [-0.1, -0.05) is 26.7 Å². The zero-order valence-corrected chi connectivity index (χ0v) is 14.0. The van der Waals surface area contributed by atoms with Crippen molar-refractivity contribution in [1.29, 1.82) is 0 Å². The van der Waals surface area contributed by atoms with Crippen LogP contribution in [-0.4, -0.2) is 22.4 Å². The lowest BCUT2D eigenvalue weighted by Crippen LogP contribution is -2.33. The molecule has 1 N–H and O–H groups in total. The van der Waals surface area contributed by atoms with E-state index >= 15 is 0 Å². The minimum absolute atomic E-state index is 0.601. The fourth-order valence-electron chi connectivity index (χ4n) is 2.62. The molecule has 0 aliphatic heterocycles. The van der Waals surface area contributed by atoms with Gasteiger partial charge >= 0.3 is 0 Å². The molecule has 1 aliphatic carbocycles. The van der Waals surface area contributed by atoms with E-state index < -0.39 is 0 Å². The van der Waals surface area contributed by atoms with Crippen molar-refractivity contribution >= 4 is 15.9 Å². The smallest absolute Gasteiger partial charge is 0.0766 e. The van der Waals surface area contributed by atoms with Crippen molar-refractivity contribution in [3.8, 4) is 0 Å². The van der Waals surface area contributed by atoms with Gasteiger partial charge in [-0.05, 0) is 47.7 Å². The van der Waals surface area contributed by atoms with Gasteiger partial charge in [0.05, 0.1) is 15.9 Å². The zero-order valence-electron chi connectivity index (χ0n) is 12.4. The number of halogens is 1. The van der Waals surface area contributed by atoms with Crippen LogP contribution in [0.25, 0.3) is 0 Å². The first-order valence-electron chi connectivity index (χ1n) is 7.59. The second kappa shape index (κ2) is 6.89. The largest absolute Gasteiger partial charge is 0.314 e. The van der Waals surface area contributed by atoms with Gasteiger partial charge in [0.1, 0.15) is 0 Å². The van der Waals surface area contributed by atoms with Gasteiger partial charge in [-0.25, -0.2) is 0 Å². The Labute approximate surface area is 125 Å². The lowest BCUT2D eigenvalue weighted by Gasteiger charge is -2.18. The second-order valence-corrected chi connectivity index (χ2v) is 6.51. The van der Waals surface area contributed by atoms with Crippen LogP contribution in [0.3, 0.4) is 0 Å². The van der Waals surface area contributed by atoms with Gasteiger partial charge in [0.15, 0.2) is 0 Å². The number of hydrogen-bond donors (Lipinski definition) is 1. The Morgan fingerprint density at radius 2 is 2.16 bits per heavy atom. The van der Waals surface area contributed by atoms with Gasteiger partial charge in [0.2, 0.25) is 0 Å². The van der Waals surface area contributed by atoms with Crippen molar-refractivity contribution in [3.63, 3.8) is 0 Å². The number of nitrogens with zero attached hydrogens (tertiary/aromatic N) is 2. The van der Waals surface area contributed by atoms with Crippen molar-refractivity contribution < 1.29 is 0 Å². The fraction of sp³-hybridized carbons (Fsp3) is 0.800. The van der Waals surface area contributed by atoms with E-state index in [0.29, 0.717) is 6.04 Å². The Balaban J connectivity index is 2.04. The summed E-state index contributed by atoms with van der Waals surface area (Å²) in [6, 6.07) is 0.601. The van der Waals surface area contributed by atoms with E-state index in [1.807, 2.05) is 0 Å². The molecule has 0 spiro atoms. The quantitative estimate of drug-likeness (QED) is 0.792. The summed E-state index contributed by atoms with van der Waals surface area (Å²) >= 11 is 3.73. The third kappa shape index (κ3) is 4.06. The van der Waals surface area contributed by atoms with Crippen LogP contribution in [-0.2, 0) is 19.9 Å².